The van der Waals surface area contributed by atoms with Crippen LogP contribution in [0.25, 0.3) is 43.1 Å². The number of rotatable bonds is 4. The molecule has 0 fully saturated rings. The van der Waals surface area contributed by atoms with Crippen molar-refractivity contribution in [2.24, 2.45) is 0 Å². The van der Waals surface area contributed by atoms with Gasteiger partial charge in [0.25, 0.3) is 0 Å². The van der Waals surface area contributed by atoms with Gasteiger partial charge in [0.05, 0.1) is 0 Å². The molecule has 0 saturated heterocycles. The summed E-state index contributed by atoms with van der Waals surface area (Å²) in [4.78, 5) is 0. The van der Waals surface area contributed by atoms with E-state index in [1.165, 1.54) is 11.1 Å². The van der Waals surface area contributed by atoms with E-state index in [1.54, 1.807) is 0 Å². The minimum atomic E-state index is 0.843. The molecule has 0 aromatic heterocycles. The highest BCUT2D eigenvalue weighted by molar-refractivity contribution is 6.12. The Balaban J connectivity index is 1.51. The molecule has 38 heavy (non-hydrogen) atoms. The first-order valence-corrected chi connectivity index (χ1v) is 12.9. The van der Waals surface area contributed by atoms with Gasteiger partial charge in [-0.05, 0) is 48.9 Å². The van der Waals surface area contributed by atoms with E-state index in [4.69, 9.17) is 9.47 Å². The van der Waals surface area contributed by atoms with Crippen LogP contribution in [-0.4, -0.2) is 0 Å². The Kier molecular flexibility index (Phi) is 5.26. The fourth-order valence-electron chi connectivity index (χ4n) is 5.39. The van der Waals surface area contributed by atoms with Crippen LogP contribution < -0.4 is 9.47 Å². The monoisotopic (exact) mass is 490 g/mol. The van der Waals surface area contributed by atoms with E-state index < -0.39 is 0 Å². The second kappa shape index (κ2) is 8.93. The fourth-order valence-corrected chi connectivity index (χ4v) is 5.39. The van der Waals surface area contributed by atoms with Gasteiger partial charge in [0.2, 0.25) is 0 Å². The summed E-state index contributed by atoms with van der Waals surface area (Å²) in [6.45, 7) is 4.23. The van der Waals surface area contributed by atoms with E-state index in [0.29, 0.717) is 0 Å². The second-order valence-corrected chi connectivity index (χ2v) is 9.92. The summed E-state index contributed by atoms with van der Waals surface area (Å²) in [6, 6.07) is 42.1. The first-order chi connectivity index (χ1) is 18.7. The Labute approximate surface area is 221 Å². The van der Waals surface area contributed by atoms with Crippen molar-refractivity contribution in [2.45, 2.75) is 13.8 Å². The number of ether oxygens (including phenoxy) is 2. The van der Waals surface area contributed by atoms with Crippen LogP contribution in [0.1, 0.15) is 11.1 Å². The van der Waals surface area contributed by atoms with Crippen molar-refractivity contribution in [1.82, 2.24) is 0 Å². The third-order valence-electron chi connectivity index (χ3n) is 7.25. The van der Waals surface area contributed by atoms with Crippen LogP contribution in [0.2, 0.25) is 0 Å². The van der Waals surface area contributed by atoms with Gasteiger partial charge in [-0.1, -0.05) is 108 Å². The van der Waals surface area contributed by atoms with Gasteiger partial charge in [-0.2, -0.15) is 0 Å². The fraction of sp³-hybridized carbons (Fsp3) is 0.0556. The van der Waals surface area contributed by atoms with Crippen molar-refractivity contribution in [3.05, 3.63) is 132 Å². The molecule has 0 amide bonds. The SMILES string of the molecule is Cc1ccc2c(Oc3cccc4ccccc34)c3cc(C)ccc3c(Oc3cccc4ccccc34)c2c1. The van der Waals surface area contributed by atoms with Gasteiger partial charge >= 0.3 is 0 Å². The third-order valence-corrected chi connectivity index (χ3v) is 7.25. The van der Waals surface area contributed by atoms with Gasteiger partial charge in [0.15, 0.2) is 0 Å². The summed E-state index contributed by atoms with van der Waals surface area (Å²) in [5, 5.41) is 8.60. The van der Waals surface area contributed by atoms with Gasteiger partial charge in [-0.15, -0.1) is 0 Å². The van der Waals surface area contributed by atoms with Crippen molar-refractivity contribution >= 4 is 43.1 Å². The van der Waals surface area contributed by atoms with Crippen molar-refractivity contribution in [2.75, 3.05) is 0 Å². The van der Waals surface area contributed by atoms with Crippen LogP contribution >= 0.6 is 0 Å². The Bertz CT molecular complexity index is 1840. The molecule has 7 aromatic carbocycles. The Morgan fingerprint density at radius 2 is 0.789 bits per heavy atom. The maximum atomic E-state index is 6.83. The third kappa shape index (κ3) is 3.74. The second-order valence-electron chi connectivity index (χ2n) is 9.92. The molecule has 0 N–H and O–H groups in total. The normalized spacial score (nSPS) is 11.4. The molecule has 7 aromatic rings. The highest BCUT2D eigenvalue weighted by Gasteiger charge is 2.19. The van der Waals surface area contributed by atoms with E-state index in [9.17, 15) is 0 Å². The molecule has 2 nitrogen and oxygen atoms in total. The molecule has 0 spiro atoms. The largest absolute Gasteiger partial charge is 0.455 e. The highest BCUT2D eigenvalue weighted by Crippen LogP contribution is 2.47. The molecule has 0 aliphatic rings. The maximum Gasteiger partial charge on any atom is 0.143 e. The van der Waals surface area contributed by atoms with E-state index >= 15 is 0 Å². The van der Waals surface area contributed by atoms with Crippen LogP contribution in [0.5, 0.6) is 23.0 Å². The molecule has 0 saturated carbocycles. The molecule has 0 heterocycles. The summed E-state index contributed by atoms with van der Waals surface area (Å²) >= 11 is 0. The minimum Gasteiger partial charge on any atom is -0.455 e. The Hall–Kier alpha value is -4.82. The molecule has 0 radical (unpaired) electrons. The van der Waals surface area contributed by atoms with Crippen LogP contribution in [0.3, 0.4) is 0 Å². The minimum absolute atomic E-state index is 0.843. The summed E-state index contributed by atoms with van der Waals surface area (Å²) in [5.41, 5.74) is 2.34. The van der Waals surface area contributed by atoms with Gasteiger partial charge in [0, 0.05) is 32.3 Å². The molecule has 0 atom stereocenters. The zero-order chi connectivity index (χ0) is 25.6. The molecule has 0 aliphatic heterocycles. The number of benzene rings is 7. The highest BCUT2D eigenvalue weighted by atomic mass is 16.5. The van der Waals surface area contributed by atoms with Crippen LogP contribution in [0.4, 0.5) is 0 Å². The lowest BCUT2D eigenvalue weighted by atomic mass is 9.97. The lowest BCUT2D eigenvalue weighted by Crippen LogP contribution is -1.95. The summed E-state index contributed by atoms with van der Waals surface area (Å²) in [7, 11) is 0. The van der Waals surface area contributed by atoms with E-state index in [2.05, 4.69) is 123 Å². The van der Waals surface area contributed by atoms with Gasteiger partial charge in [-0.25, -0.2) is 0 Å². The molecular formula is C36H26O2. The van der Waals surface area contributed by atoms with E-state index in [-0.39, 0.29) is 0 Å². The summed E-state index contributed by atoms with van der Waals surface area (Å²) < 4.78 is 13.7. The maximum absolute atomic E-state index is 6.83. The van der Waals surface area contributed by atoms with Crippen molar-refractivity contribution in [3.63, 3.8) is 0 Å². The Morgan fingerprint density at radius 1 is 0.368 bits per heavy atom. The van der Waals surface area contributed by atoms with Crippen molar-refractivity contribution < 1.29 is 9.47 Å². The summed E-state index contributed by atoms with van der Waals surface area (Å²) in [5.74, 6) is 3.38. The van der Waals surface area contributed by atoms with E-state index in [1.807, 2.05) is 12.1 Å². The summed E-state index contributed by atoms with van der Waals surface area (Å²) in [6.07, 6.45) is 0. The van der Waals surface area contributed by atoms with Gasteiger partial charge in [0.1, 0.15) is 23.0 Å². The molecular weight excluding hydrogens is 464 g/mol. The topological polar surface area (TPSA) is 18.5 Å². The zero-order valence-corrected chi connectivity index (χ0v) is 21.4. The molecule has 0 bridgehead atoms. The molecule has 0 aliphatic carbocycles. The predicted molar refractivity (Wildman–Crippen MR) is 159 cm³/mol. The van der Waals surface area contributed by atoms with Crippen molar-refractivity contribution in [3.8, 4) is 23.0 Å². The van der Waals surface area contributed by atoms with Crippen molar-refractivity contribution in [1.29, 1.82) is 0 Å². The average molecular weight is 491 g/mol. The molecule has 182 valence electrons. The van der Waals surface area contributed by atoms with Gasteiger partial charge in [-0.3, -0.25) is 0 Å². The number of hydrogen-bond acceptors (Lipinski definition) is 2. The zero-order valence-electron chi connectivity index (χ0n) is 21.4. The lowest BCUT2D eigenvalue weighted by Gasteiger charge is -2.19. The smallest absolute Gasteiger partial charge is 0.143 e. The van der Waals surface area contributed by atoms with Crippen LogP contribution in [0, 0.1) is 13.8 Å². The lowest BCUT2D eigenvalue weighted by molar-refractivity contribution is 0.491. The Morgan fingerprint density at radius 3 is 1.26 bits per heavy atom. The molecule has 7 rings (SSSR count). The predicted octanol–water partition coefficient (Wildman–Crippen LogP) is 10.5. The standard InChI is InChI=1S/C36H26O2/c1-23-17-19-29-31(21-23)35(37-33-15-7-11-25-9-3-5-13-27(25)33)30-20-18-24(2)22-32(30)36(29)38-34-16-8-12-26-10-4-6-14-28(26)34/h3-22H,1-2H3. The van der Waals surface area contributed by atoms with Crippen LogP contribution in [-0.2, 0) is 0 Å². The first kappa shape index (κ1) is 22.4. The number of hydrogen-bond donors (Lipinski definition) is 0. The first-order valence-electron chi connectivity index (χ1n) is 12.9. The number of aryl methyl sites for hydroxylation is 2. The van der Waals surface area contributed by atoms with Gasteiger partial charge < -0.3 is 9.47 Å². The quantitative estimate of drug-likeness (QED) is 0.228. The molecule has 2 heteroatoms. The average Bonchev–Trinajstić information content (AvgIpc) is 2.95. The number of fused-ring (bicyclic) bond motifs is 4. The molecule has 0 unspecified atom stereocenters. The van der Waals surface area contributed by atoms with E-state index in [0.717, 1.165) is 66.1 Å². The van der Waals surface area contributed by atoms with Crippen LogP contribution in [0.15, 0.2) is 121 Å².